The predicted molar refractivity (Wildman–Crippen MR) is 68.4 cm³/mol. The molecule has 4 heteroatoms. The molecule has 1 aromatic heterocycles. The minimum absolute atomic E-state index is 0.236. The molecular formula is C14H13FN2O. The maximum absolute atomic E-state index is 12.9. The molecule has 0 atom stereocenters. The molecule has 0 saturated carbocycles. The molecule has 1 aliphatic heterocycles. The first-order valence-corrected chi connectivity index (χ1v) is 5.84. The largest absolute Gasteiger partial charge is 0.488 e. The molecule has 0 radical (unpaired) electrons. The molecule has 0 spiro atoms. The third kappa shape index (κ3) is 1.90. The van der Waals surface area contributed by atoms with Crippen molar-refractivity contribution in [2.45, 2.75) is 0 Å². The van der Waals surface area contributed by atoms with Crippen LogP contribution in [0.15, 0.2) is 36.5 Å². The van der Waals surface area contributed by atoms with E-state index in [-0.39, 0.29) is 5.82 Å². The van der Waals surface area contributed by atoms with Gasteiger partial charge < -0.3 is 9.64 Å². The van der Waals surface area contributed by atoms with Gasteiger partial charge in [-0.05, 0) is 23.8 Å². The van der Waals surface area contributed by atoms with E-state index in [1.165, 1.54) is 12.1 Å². The van der Waals surface area contributed by atoms with Crippen LogP contribution in [0.2, 0.25) is 0 Å². The highest BCUT2D eigenvalue weighted by molar-refractivity contribution is 5.68. The molecule has 92 valence electrons. The summed E-state index contributed by atoms with van der Waals surface area (Å²) in [5.41, 5.74) is 1.87. The summed E-state index contributed by atoms with van der Waals surface area (Å²) in [4.78, 5) is 6.47. The number of hydrogen-bond donors (Lipinski definition) is 0. The average Bonchev–Trinajstić information content (AvgIpc) is 2.39. The van der Waals surface area contributed by atoms with Crippen LogP contribution in [0.1, 0.15) is 0 Å². The van der Waals surface area contributed by atoms with Crippen LogP contribution in [-0.2, 0) is 0 Å². The summed E-state index contributed by atoms with van der Waals surface area (Å²) in [6.45, 7) is 1.51. The lowest BCUT2D eigenvalue weighted by Gasteiger charge is -2.26. The summed E-state index contributed by atoms with van der Waals surface area (Å²) in [5, 5.41) is 0. The molecule has 0 aliphatic carbocycles. The van der Waals surface area contributed by atoms with Crippen molar-refractivity contribution in [3.63, 3.8) is 0 Å². The van der Waals surface area contributed by atoms with E-state index in [4.69, 9.17) is 4.74 Å². The van der Waals surface area contributed by atoms with Gasteiger partial charge in [0.15, 0.2) is 11.6 Å². The van der Waals surface area contributed by atoms with Crippen LogP contribution >= 0.6 is 0 Å². The number of pyridine rings is 1. The molecule has 0 amide bonds. The van der Waals surface area contributed by atoms with Crippen molar-refractivity contribution in [3.05, 3.63) is 42.3 Å². The summed E-state index contributed by atoms with van der Waals surface area (Å²) in [6, 6.07) is 8.32. The lowest BCUT2D eigenvalue weighted by Crippen LogP contribution is -2.29. The van der Waals surface area contributed by atoms with Gasteiger partial charge in [-0.3, -0.25) is 0 Å². The molecular weight excluding hydrogens is 231 g/mol. The molecule has 1 aromatic carbocycles. The van der Waals surface area contributed by atoms with Crippen molar-refractivity contribution in [1.29, 1.82) is 0 Å². The molecule has 0 N–H and O–H groups in total. The Morgan fingerprint density at radius 3 is 2.78 bits per heavy atom. The number of hydrogen-bond acceptors (Lipinski definition) is 3. The van der Waals surface area contributed by atoms with Crippen LogP contribution in [0.25, 0.3) is 11.1 Å². The van der Waals surface area contributed by atoms with Crippen LogP contribution in [0.4, 0.5) is 10.2 Å². The van der Waals surface area contributed by atoms with Crippen molar-refractivity contribution >= 4 is 5.82 Å². The Bertz CT molecular complexity index is 569. The molecule has 0 unspecified atom stereocenters. The first-order chi connectivity index (χ1) is 8.74. The molecule has 2 heterocycles. The molecule has 1 aliphatic rings. The van der Waals surface area contributed by atoms with Gasteiger partial charge in [0.2, 0.25) is 0 Å². The van der Waals surface area contributed by atoms with E-state index < -0.39 is 0 Å². The highest BCUT2D eigenvalue weighted by Gasteiger charge is 2.16. The lowest BCUT2D eigenvalue weighted by molar-refractivity contribution is 0.309. The minimum atomic E-state index is -0.236. The second kappa shape index (κ2) is 4.29. The average molecular weight is 244 g/mol. The van der Waals surface area contributed by atoms with Crippen molar-refractivity contribution in [1.82, 2.24) is 4.98 Å². The normalized spacial score (nSPS) is 14.0. The Kier molecular flexibility index (Phi) is 2.63. The first kappa shape index (κ1) is 11.0. The minimum Gasteiger partial charge on any atom is -0.488 e. The van der Waals surface area contributed by atoms with Gasteiger partial charge >= 0.3 is 0 Å². The fourth-order valence-electron chi connectivity index (χ4n) is 2.03. The van der Waals surface area contributed by atoms with Crippen LogP contribution in [0.5, 0.6) is 5.75 Å². The number of rotatable bonds is 1. The van der Waals surface area contributed by atoms with E-state index in [2.05, 4.69) is 9.88 Å². The maximum Gasteiger partial charge on any atom is 0.171 e. The fourth-order valence-corrected chi connectivity index (χ4v) is 2.03. The standard InChI is InChI=1S/C14H13FN2O/c1-17-6-7-18-13-8-11(9-16-14(13)17)10-2-4-12(15)5-3-10/h2-5,8-9H,6-7H2,1H3. The van der Waals surface area contributed by atoms with Crippen LogP contribution in [0, 0.1) is 5.82 Å². The first-order valence-electron chi connectivity index (χ1n) is 5.84. The number of halogens is 1. The second-order valence-corrected chi connectivity index (χ2v) is 4.32. The molecule has 0 saturated heterocycles. The Morgan fingerprint density at radius 2 is 2.00 bits per heavy atom. The van der Waals surface area contributed by atoms with Gasteiger partial charge in [-0.2, -0.15) is 0 Å². The number of anilines is 1. The third-order valence-corrected chi connectivity index (χ3v) is 3.06. The number of nitrogens with zero attached hydrogens (tertiary/aromatic N) is 2. The molecule has 3 rings (SSSR count). The topological polar surface area (TPSA) is 25.4 Å². The highest BCUT2D eigenvalue weighted by Crippen LogP contribution is 2.32. The monoisotopic (exact) mass is 244 g/mol. The van der Waals surface area contributed by atoms with Gasteiger partial charge in [-0.1, -0.05) is 12.1 Å². The van der Waals surface area contributed by atoms with Crippen molar-refractivity contribution < 1.29 is 9.13 Å². The van der Waals surface area contributed by atoms with E-state index in [1.807, 2.05) is 13.1 Å². The van der Waals surface area contributed by atoms with Gasteiger partial charge in [0.25, 0.3) is 0 Å². The molecule has 0 bridgehead atoms. The summed E-state index contributed by atoms with van der Waals surface area (Å²) in [7, 11) is 1.99. The smallest absolute Gasteiger partial charge is 0.171 e. The quantitative estimate of drug-likeness (QED) is 0.771. The number of aromatic nitrogens is 1. The van der Waals surface area contributed by atoms with Crippen LogP contribution in [0.3, 0.4) is 0 Å². The zero-order chi connectivity index (χ0) is 12.5. The molecule has 0 fully saturated rings. The van der Waals surface area contributed by atoms with E-state index in [9.17, 15) is 4.39 Å². The Morgan fingerprint density at radius 1 is 1.22 bits per heavy atom. The summed E-state index contributed by atoms with van der Waals surface area (Å²) in [5.74, 6) is 1.40. The summed E-state index contributed by atoms with van der Waals surface area (Å²) < 4.78 is 18.5. The van der Waals surface area contributed by atoms with E-state index in [0.717, 1.165) is 29.2 Å². The van der Waals surface area contributed by atoms with Gasteiger partial charge in [0.05, 0.1) is 6.54 Å². The summed E-state index contributed by atoms with van der Waals surface area (Å²) in [6.07, 6.45) is 1.79. The van der Waals surface area contributed by atoms with Crippen molar-refractivity contribution in [2.75, 3.05) is 25.1 Å². The lowest BCUT2D eigenvalue weighted by atomic mass is 10.1. The van der Waals surface area contributed by atoms with Gasteiger partial charge in [0, 0.05) is 18.8 Å². The predicted octanol–water partition coefficient (Wildman–Crippen LogP) is 2.72. The van der Waals surface area contributed by atoms with E-state index >= 15 is 0 Å². The van der Waals surface area contributed by atoms with Crippen molar-refractivity contribution in [3.8, 4) is 16.9 Å². The Hall–Kier alpha value is -2.10. The summed E-state index contributed by atoms with van der Waals surface area (Å²) >= 11 is 0. The van der Waals surface area contributed by atoms with Gasteiger partial charge in [-0.25, -0.2) is 9.37 Å². The molecule has 2 aromatic rings. The third-order valence-electron chi connectivity index (χ3n) is 3.06. The molecule has 18 heavy (non-hydrogen) atoms. The zero-order valence-corrected chi connectivity index (χ0v) is 10.1. The van der Waals surface area contributed by atoms with Gasteiger partial charge in [-0.15, -0.1) is 0 Å². The van der Waals surface area contributed by atoms with Crippen LogP contribution < -0.4 is 9.64 Å². The Balaban J connectivity index is 2.01. The van der Waals surface area contributed by atoms with E-state index in [0.29, 0.717) is 6.61 Å². The number of ether oxygens (including phenoxy) is 1. The van der Waals surface area contributed by atoms with Crippen LogP contribution in [-0.4, -0.2) is 25.2 Å². The van der Waals surface area contributed by atoms with Crippen molar-refractivity contribution in [2.24, 2.45) is 0 Å². The second-order valence-electron chi connectivity index (χ2n) is 4.32. The highest BCUT2D eigenvalue weighted by atomic mass is 19.1. The van der Waals surface area contributed by atoms with Gasteiger partial charge in [0.1, 0.15) is 12.4 Å². The SMILES string of the molecule is CN1CCOc2cc(-c3ccc(F)cc3)cnc21. The molecule has 3 nitrogen and oxygen atoms in total. The zero-order valence-electron chi connectivity index (χ0n) is 10.1. The number of likely N-dealkylation sites (N-methyl/N-ethyl adjacent to an activating group) is 1. The maximum atomic E-state index is 12.9. The number of fused-ring (bicyclic) bond motifs is 1. The fraction of sp³-hybridized carbons (Fsp3) is 0.214. The Labute approximate surface area is 105 Å². The van der Waals surface area contributed by atoms with E-state index in [1.54, 1.807) is 18.3 Å². The number of benzene rings is 1.